The summed E-state index contributed by atoms with van der Waals surface area (Å²) in [6, 6.07) is 0.457. The van der Waals surface area contributed by atoms with E-state index in [9.17, 15) is 4.79 Å². The summed E-state index contributed by atoms with van der Waals surface area (Å²) >= 11 is 0. The zero-order valence-electron chi connectivity index (χ0n) is 10.5. The molecule has 2 N–H and O–H groups in total. The Morgan fingerprint density at radius 3 is 2.94 bits per heavy atom. The SMILES string of the molecule is CCC1CCCC2(C1)NC(=NC1CC1)NC2=O. The van der Waals surface area contributed by atoms with Gasteiger partial charge < -0.3 is 5.32 Å². The number of hydrogen-bond acceptors (Lipinski definition) is 2. The summed E-state index contributed by atoms with van der Waals surface area (Å²) in [6.07, 6.45) is 7.86. The maximum absolute atomic E-state index is 12.2. The van der Waals surface area contributed by atoms with Crippen LogP contribution in [-0.4, -0.2) is 23.4 Å². The van der Waals surface area contributed by atoms with Crippen LogP contribution < -0.4 is 10.6 Å². The molecule has 2 atom stereocenters. The van der Waals surface area contributed by atoms with Gasteiger partial charge in [-0.15, -0.1) is 0 Å². The zero-order valence-corrected chi connectivity index (χ0v) is 10.5. The van der Waals surface area contributed by atoms with E-state index in [-0.39, 0.29) is 11.4 Å². The third-order valence-electron chi connectivity index (χ3n) is 4.31. The van der Waals surface area contributed by atoms with Gasteiger partial charge in [0.15, 0.2) is 5.96 Å². The molecular formula is C13H21N3O. The molecule has 1 amide bonds. The third kappa shape index (κ3) is 2.05. The van der Waals surface area contributed by atoms with Crippen LogP contribution in [0.1, 0.15) is 51.9 Å². The molecule has 0 aromatic rings. The molecule has 1 saturated heterocycles. The fraction of sp³-hybridized carbons (Fsp3) is 0.846. The zero-order chi connectivity index (χ0) is 11.9. The van der Waals surface area contributed by atoms with Crippen molar-refractivity contribution in [3.05, 3.63) is 0 Å². The molecule has 0 aromatic heterocycles. The molecule has 1 heterocycles. The van der Waals surface area contributed by atoms with Crippen molar-refractivity contribution < 1.29 is 4.79 Å². The molecule has 2 saturated carbocycles. The minimum Gasteiger partial charge on any atom is -0.342 e. The van der Waals surface area contributed by atoms with Crippen molar-refractivity contribution in [3.63, 3.8) is 0 Å². The summed E-state index contributed by atoms with van der Waals surface area (Å²) < 4.78 is 0. The second kappa shape index (κ2) is 4.00. The molecule has 4 heteroatoms. The second-order valence-corrected chi connectivity index (χ2v) is 5.74. The van der Waals surface area contributed by atoms with Crippen LogP contribution in [0.4, 0.5) is 0 Å². The summed E-state index contributed by atoms with van der Waals surface area (Å²) in [4.78, 5) is 16.7. The van der Waals surface area contributed by atoms with Crippen molar-refractivity contribution in [2.45, 2.75) is 63.5 Å². The number of amides is 1. The first-order chi connectivity index (χ1) is 8.22. The minimum atomic E-state index is -0.341. The van der Waals surface area contributed by atoms with E-state index in [1.54, 1.807) is 0 Å². The Morgan fingerprint density at radius 1 is 1.41 bits per heavy atom. The minimum absolute atomic E-state index is 0.148. The second-order valence-electron chi connectivity index (χ2n) is 5.74. The topological polar surface area (TPSA) is 53.5 Å². The number of carbonyl (C=O) groups excluding carboxylic acids is 1. The molecule has 2 unspecified atom stereocenters. The van der Waals surface area contributed by atoms with E-state index in [2.05, 4.69) is 22.5 Å². The molecule has 1 aliphatic heterocycles. The number of guanidine groups is 1. The van der Waals surface area contributed by atoms with Gasteiger partial charge in [-0.3, -0.25) is 10.1 Å². The molecule has 3 fully saturated rings. The third-order valence-corrected chi connectivity index (χ3v) is 4.31. The van der Waals surface area contributed by atoms with Gasteiger partial charge in [0.2, 0.25) is 0 Å². The lowest BCUT2D eigenvalue weighted by Gasteiger charge is -2.35. The Kier molecular flexibility index (Phi) is 2.60. The van der Waals surface area contributed by atoms with Crippen molar-refractivity contribution >= 4 is 11.9 Å². The Labute approximate surface area is 102 Å². The van der Waals surface area contributed by atoms with Gasteiger partial charge >= 0.3 is 0 Å². The number of carbonyl (C=O) groups is 1. The summed E-state index contributed by atoms with van der Waals surface area (Å²) in [5, 5.41) is 6.31. The van der Waals surface area contributed by atoms with Gasteiger partial charge in [0, 0.05) is 0 Å². The quantitative estimate of drug-likeness (QED) is 0.763. The van der Waals surface area contributed by atoms with Crippen molar-refractivity contribution in [1.29, 1.82) is 0 Å². The number of hydrogen-bond donors (Lipinski definition) is 2. The first kappa shape index (κ1) is 11.1. The molecule has 4 nitrogen and oxygen atoms in total. The van der Waals surface area contributed by atoms with Crippen LogP contribution in [0.5, 0.6) is 0 Å². The van der Waals surface area contributed by atoms with Gasteiger partial charge in [-0.1, -0.05) is 26.2 Å². The number of rotatable bonds is 2. The van der Waals surface area contributed by atoms with E-state index in [1.165, 1.54) is 25.7 Å². The first-order valence-corrected chi connectivity index (χ1v) is 6.89. The monoisotopic (exact) mass is 235 g/mol. The standard InChI is InChI=1S/C13H21N3O/c1-2-9-4-3-7-13(8-9)11(17)15-12(16-13)14-10-5-6-10/h9-10H,2-8H2,1H3,(H2,14,15,16,17). The van der Waals surface area contributed by atoms with Gasteiger partial charge in [-0.05, 0) is 31.6 Å². The van der Waals surface area contributed by atoms with Gasteiger partial charge in [0.05, 0.1) is 6.04 Å². The Morgan fingerprint density at radius 2 is 2.24 bits per heavy atom. The van der Waals surface area contributed by atoms with Crippen LogP contribution in [-0.2, 0) is 4.79 Å². The molecule has 3 aliphatic rings. The highest BCUT2D eigenvalue weighted by Crippen LogP contribution is 2.36. The van der Waals surface area contributed by atoms with Gasteiger partial charge in [-0.2, -0.15) is 0 Å². The molecule has 1 spiro atoms. The van der Waals surface area contributed by atoms with E-state index in [0.717, 1.165) is 25.2 Å². The molecule has 2 aliphatic carbocycles. The maximum atomic E-state index is 12.2. The summed E-state index contributed by atoms with van der Waals surface area (Å²) in [5.74, 6) is 1.56. The molecule has 17 heavy (non-hydrogen) atoms. The average Bonchev–Trinajstić information content (AvgIpc) is 3.08. The van der Waals surface area contributed by atoms with Crippen LogP contribution in [0, 0.1) is 5.92 Å². The van der Waals surface area contributed by atoms with Crippen LogP contribution in [0.15, 0.2) is 4.99 Å². The lowest BCUT2D eigenvalue weighted by molar-refractivity contribution is -0.125. The highest BCUT2D eigenvalue weighted by Gasteiger charge is 2.47. The van der Waals surface area contributed by atoms with Gasteiger partial charge in [-0.25, -0.2) is 4.99 Å². The fourth-order valence-electron chi connectivity index (χ4n) is 3.05. The van der Waals surface area contributed by atoms with Crippen LogP contribution in [0.2, 0.25) is 0 Å². The Hall–Kier alpha value is -1.06. The molecule has 3 rings (SSSR count). The largest absolute Gasteiger partial charge is 0.342 e. The van der Waals surface area contributed by atoms with Crippen LogP contribution in [0.25, 0.3) is 0 Å². The maximum Gasteiger partial charge on any atom is 0.252 e. The summed E-state index contributed by atoms with van der Waals surface area (Å²) in [7, 11) is 0. The normalized spacial score (nSPS) is 39.5. The fourth-order valence-corrected chi connectivity index (χ4v) is 3.05. The van der Waals surface area contributed by atoms with E-state index in [4.69, 9.17) is 0 Å². The lowest BCUT2D eigenvalue weighted by Crippen LogP contribution is -2.50. The van der Waals surface area contributed by atoms with E-state index in [0.29, 0.717) is 12.0 Å². The van der Waals surface area contributed by atoms with E-state index < -0.39 is 0 Å². The van der Waals surface area contributed by atoms with Crippen LogP contribution >= 0.6 is 0 Å². The molecule has 0 aromatic carbocycles. The van der Waals surface area contributed by atoms with Crippen molar-refractivity contribution in [1.82, 2.24) is 10.6 Å². The number of aliphatic imine (C=N–C) groups is 1. The summed E-state index contributed by atoms with van der Waals surface area (Å²) in [6.45, 7) is 2.22. The van der Waals surface area contributed by atoms with E-state index in [1.807, 2.05) is 0 Å². The lowest BCUT2D eigenvalue weighted by atomic mass is 9.75. The highest BCUT2D eigenvalue weighted by molar-refractivity contribution is 6.09. The van der Waals surface area contributed by atoms with E-state index >= 15 is 0 Å². The predicted molar refractivity (Wildman–Crippen MR) is 66.7 cm³/mol. The predicted octanol–water partition coefficient (Wildman–Crippen LogP) is 1.56. The van der Waals surface area contributed by atoms with Gasteiger partial charge in [0.25, 0.3) is 5.91 Å². The van der Waals surface area contributed by atoms with Crippen molar-refractivity contribution in [3.8, 4) is 0 Å². The molecule has 0 radical (unpaired) electrons. The van der Waals surface area contributed by atoms with Crippen molar-refractivity contribution in [2.24, 2.45) is 10.9 Å². The first-order valence-electron chi connectivity index (χ1n) is 6.89. The highest BCUT2D eigenvalue weighted by atomic mass is 16.2. The van der Waals surface area contributed by atoms with Crippen molar-refractivity contribution in [2.75, 3.05) is 0 Å². The number of nitrogens with one attached hydrogen (secondary N) is 2. The molecular weight excluding hydrogens is 214 g/mol. The summed E-state index contributed by atoms with van der Waals surface area (Å²) in [5.41, 5.74) is -0.341. The van der Waals surface area contributed by atoms with Gasteiger partial charge in [0.1, 0.15) is 5.54 Å². The smallest absolute Gasteiger partial charge is 0.252 e. The Balaban J connectivity index is 1.75. The number of nitrogens with zero attached hydrogens (tertiary/aromatic N) is 1. The molecule has 94 valence electrons. The average molecular weight is 235 g/mol. The Bertz CT molecular complexity index is 362. The van der Waals surface area contributed by atoms with Crippen LogP contribution in [0.3, 0.4) is 0 Å². The molecule has 0 bridgehead atoms.